The molecule has 9 aromatic carbocycles. The molecule has 0 spiro atoms. The minimum Gasteiger partial charge on any atom is -0.309 e. The Bertz CT molecular complexity index is 3440. The lowest BCUT2D eigenvalue weighted by Crippen LogP contribution is -2.16. The van der Waals surface area contributed by atoms with Gasteiger partial charge in [0, 0.05) is 48.7 Å². The highest BCUT2D eigenvalue weighted by Gasteiger charge is 2.36. The summed E-state index contributed by atoms with van der Waals surface area (Å²) >= 11 is 1.88. The summed E-state index contributed by atoms with van der Waals surface area (Å²) in [4.78, 5) is 2.49. The first-order chi connectivity index (χ1) is 28.5. The zero-order valence-corrected chi connectivity index (χ0v) is 33.1. The van der Waals surface area contributed by atoms with Crippen molar-refractivity contribution < 1.29 is 0 Å². The van der Waals surface area contributed by atoms with E-state index in [1.165, 1.54) is 103 Å². The zero-order valence-electron chi connectivity index (χ0n) is 32.3. The van der Waals surface area contributed by atoms with Crippen LogP contribution in [0.2, 0.25) is 0 Å². The fourth-order valence-corrected chi connectivity index (χ4v) is 10.9. The molecule has 0 fully saturated rings. The van der Waals surface area contributed by atoms with Gasteiger partial charge in [-0.25, -0.2) is 0 Å². The summed E-state index contributed by atoms with van der Waals surface area (Å²) in [6.45, 7) is 4.73. The second-order valence-corrected chi connectivity index (χ2v) is 17.2. The minimum atomic E-state index is -0.101. The summed E-state index contributed by atoms with van der Waals surface area (Å²) in [6.07, 6.45) is 0. The van der Waals surface area contributed by atoms with Crippen molar-refractivity contribution in [3.05, 3.63) is 205 Å². The van der Waals surface area contributed by atoms with E-state index in [0.717, 1.165) is 5.69 Å². The Morgan fingerprint density at radius 2 is 1.10 bits per heavy atom. The number of rotatable bonds is 5. The fraction of sp³-hybridized carbons (Fsp3) is 0.0545. The van der Waals surface area contributed by atoms with Crippen LogP contribution in [0, 0.1) is 0 Å². The molecule has 0 saturated carbocycles. The maximum atomic E-state index is 2.49. The van der Waals surface area contributed by atoms with Crippen LogP contribution in [0.1, 0.15) is 25.0 Å². The van der Waals surface area contributed by atoms with Crippen LogP contribution in [0.15, 0.2) is 194 Å². The molecule has 2 nitrogen and oxygen atoms in total. The lowest BCUT2D eigenvalue weighted by molar-refractivity contribution is 0.660. The van der Waals surface area contributed by atoms with Crippen LogP contribution >= 0.6 is 11.3 Å². The molecule has 0 saturated heterocycles. The molecule has 3 heteroatoms. The maximum absolute atomic E-state index is 2.49. The van der Waals surface area contributed by atoms with Crippen molar-refractivity contribution in [3.63, 3.8) is 0 Å². The predicted octanol–water partition coefficient (Wildman–Crippen LogP) is 15.7. The summed E-state index contributed by atoms with van der Waals surface area (Å²) in [5.74, 6) is 0. The van der Waals surface area contributed by atoms with Gasteiger partial charge in [-0.2, -0.15) is 0 Å². The smallest absolute Gasteiger partial charge is 0.0640 e. The lowest BCUT2D eigenvalue weighted by atomic mass is 9.82. The molecule has 0 N–H and O–H groups in total. The first-order valence-corrected chi connectivity index (χ1v) is 20.9. The summed E-state index contributed by atoms with van der Waals surface area (Å²) in [5, 5.41) is 7.57. The highest BCUT2D eigenvalue weighted by atomic mass is 32.1. The Hall–Kier alpha value is -6.94. The third-order valence-corrected chi connectivity index (χ3v) is 13.8. The van der Waals surface area contributed by atoms with E-state index in [4.69, 9.17) is 0 Å². The number of fused-ring (bicyclic) bond motifs is 10. The molecule has 1 aliphatic carbocycles. The average Bonchev–Trinajstić information content (AvgIpc) is 3.89. The van der Waals surface area contributed by atoms with Crippen molar-refractivity contribution >= 4 is 81.1 Å². The van der Waals surface area contributed by atoms with Crippen LogP contribution in [-0.4, -0.2) is 4.57 Å². The van der Waals surface area contributed by atoms with Crippen LogP contribution in [0.4, 0.5) is 17.1 Å². The summed E-state index contributed by atoms with van der Waals surface area (Å²) < 4.78 is 4.98. The molecule has 58 heavy (non-hydrogen) atoms. The standard InChI is InChI=1S/C55H38N2S/c1-55(2)48-19-9-6-15-42(48)43-29-28-41(34-49(43)55)56(52-21-12-18-46-45-17-8-11-22-53(45)58-54(46)52)40-27-25-36-31-35(23-24-37(36)32-40)38-26-30-51-47(33-38)44-16-7-10-20-50(44)57(51)39-13-4-3-5-14-39/h3-34H,1-2H3. The molecule has 0 radical (unpaired) electrons. The van der Waals surface area contributed by atoms with Crippen LogP contribution in [-0.2, 0) is 5.41 Å². The molecular weight excluding hydrogens is 721 g/mol. The molecule has 12 rings (SSSR count). The number of hydrogen-bond acceptors (Lipinski definition) is 2. The van der Waals surface area contributed by atoms with Crippen molar-refractivity contribution in [1.82, 2.24) is 4.57 Å². The second-order valence-electron chi connectivity index (χ2n) is 16.2. The van der Waals surface area contributed by atoms with Gasteiger partial charge in [-0.3, -0.25) is 0 Å². The molecule has 0 amide bonds. The van der Waals surface area contributed by atoms with Gasteiger partial charge in [0.15, 0.2) is 0 Å². The van der Waals surface area contributed by atoms with Crippen LogP contribution < -0.4 is 4.90 Å². The van der Waals surface area contributed by atoms with E-state index in [1.54, 1.807) is 0 Å². The highest BCUT2D eigenvalue weighted by Crippen LogP contribution is 2.52. The van der Waals surface area contributed by atoms with Crippen molar-refractivity contribution in [2.24, 2.45) is 0 Å². The number of para-hydroxylation sites is 2. The first-order valence-electron chi connectivity index (χ1n) is 20.1. The highest BCUT2D eigenvalue weighted by molar-refractivity contribution is 7.26. The van der Waals surface area contributed by atoms with E-state index in [2.05, 4.69) is 217 Å². The third kappa shape index (κ3) is 4.90. The second kappa shape index (κ2) is 12.5. The Labute approximate surface area is 341 Å². The SMILES string of the molecule is CC1(C)c2ccccc2-c2ccc(N(c3ccc4cc(-c5ccc6c(c5)c5ccccc5n6-c5ccccc5)ccc4c3)c3cccc4c3sc3ccccc34)cc21. The molecule has 0 bridgehead atoms. The largest absolute Gasteiger partial charge is 0.309 e. The van der Waals surface area contributed by atoms with E-state index >= 15 is 0 Å². The number of thiophene rings is 1. The van der Waals surface area contributed by atoms with Crippen LogP contribution in [0.5, 0.6) is 0 Å². The minimum absolute atomic E-state index is 0.101. The van der Waals surface area contributed by atoms with Gasteiger partial charge in [0.1, 0.15) is 0 Å². The van der Waals surface area contributed by atoms with Crippen molar-refractivity contribution in [1.29, 1.82) is 0 Å². The van der Waals surface area contributed by atoms with Gasteiger partial charge in [-0.05, 0) is 117 Å². The quantitative estimate of drug-likeness (QED) is 0.170. The number of anilines is 3. The summed E-state index contributed by atoms with van der Waals surface area (Å²) in [6, 6.07) is 71.9. The van der Waals surface area contributed by atoms with Crippen molar-refractivity contribution in [2.75, 3.05) is 4.90 Å². The average molecular weight is 759 g/mol. The molecule has 0 unspecified atom stereocenters. The molecule has 1 aliphatic rings. The van der Waals surface area contributed by atoms with E-state index in [-0.39, 0.29) is 5.41 Å². The topological polar surface area (TPSA) is 8.17 Å². The number of benzene rings is 9. The Kier molecular flexibility index (Phi) is 7.18. The van der Waals surface area contributed by atoms with E-state index in [9.17, 15) is 0 Å². The van der Waals surface area contributed by atoms with Gasteiger partial charge in [0.2, 0.25) is 0 Å². The summed E-state index contributed by atoms with van der Waals surface area (Å²) in [7, 11) is 0. The fourth-order valence-electron chi connectivity index (χ4n) is 9.73. The molecule has 0 atom stereocenters. The molecule has 2 aromatic heterocycles. The van der Waals surface area contributed by atoms with E-state index < -0.39 is 0 Å². The van der Waals surface area contributed by atoms with Crippen LogP contribution in [0.3, 0.4) is 0 Å². The first kappa shape index (κ1) is 33.2. The van der Waals surface area contributed by atoms with Crippen molar-refractivity contribution in [2.45, 2.75) is 19.3 Å². The van der Waals surface area contributed by atoms with E-state index in [1.807, 2.05) is 11.3 Å². The van der Waals surface area contributed by atoms with Gasteiger partial charge in [0.05, 0.1) is 21.4 Å². The number of aromatic nitrogens is 1. The maximum Gasteiger partial charge on any atom is 0.0640 e. The van der Waals surface area contributed by atoms with Gasteiger partial charge in [-0.1, -0.05) is 135 Å². The monoisotopic (exact) mass is 758 g/mol. The zero-order chi connectivity index (χ0) is 38.5. The normalized spacial score (nSPS) is 13.1. The molecular formula is C55H38N2S. The number of hydrogen-bond donors (Lipinski definition) is 0. The van der Waals surface area contributed by atoms with Gasteiger partial charge < -0.3 is 9.47 Å². The summed E-state index contributed by atoms with van der Waals surface area (Å²) in [5.41, 5.74) is 14.9. The number of nitrogens with zero attached hydrogens (tertiary/aromatic N) is 2. The lowest BCUT2D eigenvalue weighted by Gasteiger charge is -2.29. The Morgan fingerprint density at radius 3 is 2.02 bits per heavy atom. The molecule has 274 valence electrons. The van der Waals surface area contributed by atoms with Gasteiger partial charge in [-0.15, -0.1) is 11.3 Å². The molecule has 2 heterocycles. The molecule has 0 aliphatic heterocycles. The van der Waals surface area contributed by atoms with Crippen LogP contribution in [0.25, 0.3) is 80.7 Å². The predicted molar refractivity (Wildman–Crippen MR) is 249 cm³/mol. The van der Waals surface area contributed by atoms with E-state index in [0.29, 0.717) is 0 Å². The van der Waals surface area contributed by atoms with Gasteiger partial charge >= 0.3 is 0 Å². The third-order valence-electron chi connectivity index (χ3n) is 12.6. The molecule has 11 aromatic rings. The Morgan fingerprint density at radius 1 is 0.448 bits per heavy atom. The Balaban J connectivity index is 1.00. The van der Waals surface area contributed by atoms with Crippen molar-refractivity contribution in [3.8, 4) is 27.9 Å². The van der Waals surface area contributed by atoms with Gasteiger partial charge in [0.25, 0.3) is 0 Å².